The SMILES string of the molecule is COCCOc1ccc(Oc2ccc(F)c3c2CCC3Oc2ccc(C3CC3C(=O)O)cc2)cc1. The van der Waals surface area contributed by atoms with Crippen molar-refractivity contribution >= 4 is 5.97 Å². The molecule has 3 atom stereocenters. The molecule has 0 radical (unpaired) electrons. The van der Waals surface area contributed by atoms with Gasteiger partial charge in [-0.2, -0.15) is 0 Å². The van der Waals surface area contributed by atoms with E-state index in [1.165, 1.54) is 6.07 Å². The number of carboxylic acid groups (broad SMARTS) is 1. The predicted octanol–water partition coefficient (Wildman–Crippen LogP) is 5.90. The number of rotatable bonds is 10. The molecule has 0 saturated heterocycles. The van der Waals surface area contributed by atoms with Crippen molar-refractivity contribution in [2.45, 2.75) is 31.3 Å². The molecule has 0 aromatic heterocycles. The molecule has 1 fully saturated rings. The Balaban J connectivity index is 1.26. The highest BCUT2D eigenvalue weighted by atomic mass is 19.1. The van der Waals surface area contributed by atoms with Gasteiger partial charge in [-0.1, -0.05) is 12.1 Å². The number of halogens is 1. The first-order chi connectivity index (χ1) is 17.0. The molecule has 0 aliphatic heterocycles. The van der Waals surface area contributed by atoms with Crippen molar-refractivity contribution < 1.29 is 33.2 Å². The molecule has 3 aromatic rings. The molecule has 35 heavy (non-hydrogen) atoms. The lowest BCUT2D eigenvalue weighted by atomic mass is 10.1. The average molecular weight is 479 g/mol. The van der Waals surface area contributed by atoms with Crippen LogP contribution in [-0.4, -0.2) is 31.4 Å². The van der Waals surface area contributed by atoms with Gasteiger partial charge in [0.25, 0.3) is 0 Å². The van der Waals surface area contributed by atoms with Gasteiger partial charge in [-0.3, -0.25) is 4.79 Å². The van der Waals surface area contributed by atoms with Crippen LogP contribution in [0.5, 0.6) is 23.0 Å². The normalized spacial score (nSPS) is 20.2. The summed E-state index contributed by atoms with van der Waals surface area (Å²) in [5, 5.41) is 9.14. The minimum absolute atomic E-state index is 0.0666. The van der Waals surface area contributed by atoms with Gasteiger partial charge in [0.05, 0.1) is 12.5 Å². The van der Waals surface area contributed by atoms with E-state index in [-0.39, 0.29) is 17.7 Å². The van der Waals surface area contributed by atoms with Crippen LogP contribution in [0.25, 0.3) is 0 Å². The molecule has 1 saturated carbocycles. The Morgan fingerprint density at radius 2 is 1.69 bits per heavy atom. The molecule has 2 aliphatic carbocycles. The lowest BCUT2D eigenvalue weighted by molar-refractivity contribution is -0.138. The van der Waals surface area contributed by atoms with E-state index in [9.17, 15) is 9.18 Å². The molecule has 6 nitrogen and oxygen atoms in total. The Labute approximate surface area is 203 Å². The van der Waals surface area contributed by atoms with Crippen molar-refractivity contribution in [2.75, 3.05) is 20.3 Å². The first-order valence-electron chi connectivity index (χ1n) is 11.7. The van der Waals surface area contributed by atoms with Crippen LogP contribution in [0.1, 0.15) is 41.6 Å². The second-order valence-corrected chi connectivity index (χ2v) is 8.85. The topological polar surface area (TPSA) is 74.2 Å². The summed E-state index contributed by atoms with van der Waals surface area (Å²) >= 11 is 0. The van der Waals surface area contributed by atoms with E-state index in [2.05, 4.69) is 0 Å². The lowest BCUT2D eigenvalue weighted by Gasteiger charge is -2.17. The molecule has 182 valence electrons. The second-order valence-electron chi connectivity index (χ2n) is 8.85. The molecule has 0 amide bonds. The number of aliphatic carboxylic acids is 1. The smallest absolute Gasteiger partial charge is 0.307 e. The summed E-state index contributed by atoms with van der Waals surface area (Å²) in [5.74, 6) is 1.31. The number of fused-ring (bicyclic) bond motifs is 1. The summed E-state index contributed by atoms with van der Waals surface area (Å²) in [6, 6.07) is 17.8. The monoisotopic (exact) mass is 478 g/mol. The van der Waals surface area contributed by atoms with Crippen LogP contribution >= 0.6 is 0 Å². The molecule has 2 aliphatic rings. The van der Waals surface area contributed by atoms with Gasteiger partial charge in [-0.15, -0.1) is 0 Å². The Morgan fingerprint density at radius 3 is 2.37 bits per heavy atom. The van der Waals surface area contributed by atoms with Crippen LogP contribution in [0.15, 0.2) is 60.7 Å². The maximum absolute atomic E-state index is 14.8. The largest absolute Gasteiger partial charge is 0.491 e. The molecule has 0 spiro atoms. The molecule has 0 heterocycles. The number of carbonyl (C=O) groups is 1. The average Bonchev–Trinajstić information content (AvgIpc) is 3.56. The number of carboxylic acids is 1. The Morgan fingerprint density at radius 1 is 0.971 bits per heavy atom. The fourth-order valence-electron chi connectivity index (χ4n) is 4.62. The number of hydrogen-bond acceptors (Lipinski definition) is 5. The summed E-state index contributed by atoms with van der Waals surface area (Å²) in [6.07, 6.45) is 1.54. The van der Waals surface area contributed by atoms with Crippen LogP contribution < -0.4 is 14.2 Å². The van der Waals surface area contributed by atoms with Crippen LogP contribution in [0.3, 0.4) is 0 Å². The van der Waals surface area contributed by atoms with E-state index in [0.29, 0.717) is 55.3 Å². The Kier molecular flexibility index (Phi) is 6.59. The molecule has 3 unspecified atom stereocenters. The molecule has 1 N–H and O–H groups in total. The van der Waals surface area contributed by atoms with Gasteiger partial charge in [0, 0.05) is 18.2 Å². The minimum Gasteiger partial charge on any atom is -0.491 e. The fraction of sp³-hybridized carbons (Fsp3) is 0.321. The Bertz CT molecular complexity index is 1190. The summed E-state index contributed by atoms with van der Waals surface area (Å²) in [6.45, 7) is 0.981. The number of ether oxygens (including phenoxy) is 4. The Hall–Kier alpha value is -3.58. The van der Waals surface area contributed by atoms with Crippen molar-refractivity contribution in [3.63, 3.8) is 0 Å². The van der Waals surface area contributed by atoms with Crippen molar-refractivity contribution in [1.82, 2.24) is 0 Å². The zero-order chi connectivity index (χ0) is 24.4. The van der Waals surface area contributed by atoms with Gasteiger partial charge in [0.1, 0.15) is 41.5 Å². The quantitative estimate of drug-likeness (QED) is 0.366. The second kappa shape index (κ2) is 9.96. The highest BCUT2D eigenvalue weighted by Gasteiger charge is 2.44. The van der Waals surface area contributed by atoms with Gasteiger partial charge in [0.15, 0.2) is 0 Å². The zero-order valence-electron chi connectivity index (χ0n) is 19.4. The lowest BCUT2D eigenvalue weighted by Crippen LogP contribution is -2.06. The standard InChI is InChI=1S/C28H27FO6/c1-32-14-15-33-18-6-8-20(9-7-18)34-25-13-11-24(29)27-21(25)10-12-26(27)35-19-4-2-17(3-5-19)22-16-23(22)28(30)31/h2-9,11,13,22-23,26H,10,12,14-16H2,1H3,(H,30,31). The van der Waals surface area contributed by atoms with E-state index in [0.717, 1.165) is 16.9 Å². The highest BCUT2D eigenvalue weighted by molar-refractivity contribution is 5.75. The predicted molar refractivity (Wildman–Crippen MR) is 127 cm³/mol. The summed E-state index contributed by atoms with van der Waals surface area (Å²) in [5.41, 5.74) is 2.34. The third-order valence-corrected chi connectivity index (χ3v) is 6.54. The van der Waals surface area contributed by atoms with E-state index in [4.69, 9.17) is 24.1 Å². The third-order valence-electron chi connectivity index (χ3n) is 6.54. The molecular weight excluding hydrogens is 451 g/mol. The van der Waals surface area contributed by atoms with Crippen LogP contribution in [0, 0.1) is 11.7 Å². The van der Waals surface area contributed by atoms with E-state index < -0.39 is 12.1 Å². The van der Waals surface area contributed by atoms with Crippen LogP contribution in [0.2, 0.25) is 0 Å². The van der Waals surface area contributed by atoms with Gasteiger partial charge in [-0.05, 0) is 79.3 Å². The van der Waals surface area contributed by atoms with E-state index in [1.807, 2.05) is 48.5 Å². The van der Waals surface area contributed by atoms with Crippen molar-refractivity contribution in [3.8, 4) is 23.0 Å². The molecule has 3 aromatic carbocycles. The molecule has 0 bridgehead atoms. The fourth-order valence-corrected chi connectivity index (χ4v) is 4.62. The molecule has 7 heteroatoms. The maximum atomic E-state index is 14.8. The summed E-state index contributed by atoms with van der Waals surface area (Å²) < 4.78 is 37.6. The number of hydrogen-bond donors (Lipinski definition) is 1. The summed E-state index contributed by atoms with van der Waals surface area (Å²) in [7, 11) is 1.62. The zero-order valence-corrected chi connectivity index (χ0v) is 19.4. The van der Waals surface area contributed by atoms with Gasteiger partial charge in [0.2, 0.25) is 0 Å². The molecule has 5 rings (SSSR count). The number of benzene rings is 3. The van der Waals surface area contributed by atoms with Gasteiger partial charge >= 0.3 is 5.97 Å². The molecular formula is C28H27FO6. The minimum atomic E-state index is -0.752. The maximum Gasteiger partial charge on any atom is 0.307 e. The van der Waals surface area contributed by atoms with Crippen LogP contribution in [-0.2, 0) is 16.0 Å². The van der Waals surface area contributed by atoms with E-state index >= 15 is 0 Å². The first-order valence-corrected chi connectivity index (χ1v) is 11.7. The van der Waals surface area contributed by atoms with Gasteiger partial charge < -0.3 is 24.1 Å². The van der Waals surface area contributed by atoms with Crippen LogP contribution in [0.4, 0.5) is 4.39 Å². The van der Waals surface area contributed by atoms with Crippen molar-refractivity contribution in [1.29, 1.82) is 0 Å². The van der Waals surface area contributed by atoms with Crippen molar-refractivity contribution in [3.05, 3.63) is 83.2 Å². The summed E-state index contributed by atoms with van der Waals surface area (Å²) in [4.78, 5) is 11.1. The van der Waals surface area contributed by atoms with Gasteiger partial charge in [-0.25, -0.2) is 4.39 Å². The van der Waals surface area contributed by atoms with Crippen molar-refractivity contribution in [2.24, 2.45) is 5.92 Å². The number of methoxy groups -OCH3 is 1. The first kappa shape index (κ1) is 23.2. The third kappa shape index (κ3) is 5.10. The highest BCUT2D eigenvalue weighted by Crippen LogP contribution is 2.48. The van der Waals surface area contributed by atoms with E-state index in [1.54, 1.807) is 13.2 Å².